The number of hydrogen-bond acceptors (Lipinski definition) is 3. The van der Waals surface area contributed by atoms with E-state index in [0.717, 1.165) is 25.2 Å². The highest BCUT2D eigenvalue weighted by Crippen LogP contribution is 2.19. The van der Waals surface area contributed by atoms with Gasteiger partial charge in [0.1, 0.15) is 0 Å². The molecule has 0 aromatic heterocycles. The normalized spacial score (nSPS) is 11.5. The fourth-order valence-electron chi connectivity index (χ4n) is 1.75. The van der Waals surface area contributed by atoms with Crippen molar-refractivity contribution < 1.29 is 8.42 Å². The highest BCUT2D eigenvalue weighted by Gasteiger charge is 2.11. The SMILES string of the molecule is CCN(CCCCl)c1ccc(S(=O)(=O)CC)cc1. The molecule has 1 aromatic carbocycles. The van der Waals surface area contributed by atoms with Crippen LogP contribution in [0, 0.1) is 0 Å². The van der Waals surface area contributed by atoms with Gasteiger partial charge >= 0.3 is 0 Å². The Morgan fingerprint density at radius 2 is 1.78 bits per heavy atom. The quantitative estimate of drug-likeness (QED) is 0.724. The van der Waals surface area contributed by atoms with Crippen LogP contribution in [0.15, 0.2) is 29.2 Å². The lowest BCUT2D eigenvalue weighted by atomic mass is 10.2. The number of benzene rings is 1. The molecule has 1 rings (SSSR count). The van der Waals surface area contributed by atoms with Crippen molar-refractivity contribution >= 4 is 27.1 Å². The van der Waals surface area contributed by atoms with Gasteiger partial charge in [-0.15, -0.1) is 11.6 Å². The zero-order chi connectivity index (χ0) is 13.6. The minimum atomic E-state index is -3.10. The first-order valence-corrected chi connectivity index (χ1v) is 8.37. The molecule has 0 aliphatic carbocycles. The number of hydrogen-bond donors (Lipinski definition) is 0. The number of anilines is 1. The van der Waals surface area contributed by atoms with Crippen LogP contribution in [0.3, 0.4) is 0 Å². The van der Waals surface area contributed by atoms with Crippen LogP contribution in [0.1, 0.15) is 20.3 Å². The maximum atomic E-state index is 11.7. The summed E-state index contributed by atoms with van der Waals surface area (Å²) in [7, 11) is -3.10. The molecule has 0 bridgehead atoms. The second-order valence-corrected chi connectivity index (χ2v) is 6.68. The average Bonchev–Trinajstić information content (AvgIpc) is 2.40. The van der Waals surface area contributed by atoms with Gasteiger partial charge in [0, 0.05) is 24.7 Å². The largest absolute Gasteiger partial charge is 0.372 e. The Morgan fingerprint density at radius 3 is 2.22 bits per heavy atom. The van der Waals surface area contributed by atoms with Crippen molar-refractivity contribution in [3.8, 4) is 0 Å². The van der Waals surface area contributed by atoms with Crippen molar-refractivity contribution in [2.75, 3.05) is 29.6 Å². The van der Waals surface area contributed by atoms with E-state index < -0.39 is 9.84 Å². The molecule has 0 unspecified atom stereocenters. The molecule has 0 saturated heterocycles. The predicted octanol–water partition coefficient (Wildman–Crippen LogP) is 2.94. The van der Waals surface area contributed by atoms with Crippen LogP contribution in [-0.2, 0) is 9.84 Å². The monoisotopic (exact) mass is 289 g/mol. The van der Waals surface area contributed by atoms with Crippen LogP contribution < -0.4 is 4.90 Å². The van der Waals surface area contributed by atoms with E-state index >= 15 is 0 Å². The van der Waals surface area contributed by atoms with E-state index in [1.54, 1.807) is 19.1 Å². The van der Waals surface area contributed by atoms with Gasteiger partial charge in [0.05, 0.1) is 10.6 Å². The van der Waals surface area contributed by atoms with Gasteiger partial charge in [-0.25, -0.2) is 8.42 Å². The van der Waals surface area contributed by atoms with Crippen LogP contribution in [0.4, 0.5) is 5.69 Å². The van der Waals surface area contributed by atoms with Gasteiger partial charge in [-0.1, -0.05) is 6.92 Å². The van der Waals surface area contributed by atoms with Crippen molar-refractivity contribution in [3.05, 3.63) is 24.3 Å². The molecule has 0 amide bonds. The standard InChI is InChI=1S/C13H20ClNO2S/c1-3-15(11-5-10-14)12-6-8-13(9-7-12)18(16,17)4-2/h6-9H,3-5,10-11H2,1-2H3. The van der Waals surface area contributed by atoms with E-state index in [0.29, 0.717) is 10.8 Å². The third-order valence-corrected chi connectivity index (χ3v) is 4.90. The molecular formula is C13H20ClNO2S. The lowest BCUT2D eigenvalue weighted by molar-refractivity contribution is 0.597. The van der Waals surface area contributed by atoms with Crippen molar-refractivity contribution in [1.82, 2.24) is 0 Å². The van der Waals surface area contributed by atoms with E-state index in [9.17, 15) is 8.42 Å². The molecule has 0 aliphatic rings. The smallest absolute Gasteiger partial charge is 0.178 e. The van der Waals surface area contributed by atoms with Crippen LogP contribution in [-0.4, -0.2) is 33.1 Å². The van der Waals surface area contributed by atoms with Crippen LogP contribution in [0.2, 0.25) is 0 Å². The highest BCUT2D eigenvalue weighted by atomic mass is 35.5. The molecule has 3 nitrogen and oxygen atoms in total. The van der Waals surface area contributed by atoms with E-state index in [2.05, 4.69) is 11.8 Å². The molecule has 0 fully saturated rings. The minimum absolute atomic E-state index is 0.135. The van der Waals surface area contributed by atoms with Gasteiger partial charge in [-0.05, 0) is 37.6 Å². The van der Waals surface area contributed by atoms with E-state index in [-0.39, 0.29) is 5.75 Å². The van der Waals surface area contributed by atoms with Crippen LogP contribution in [0.25, 0.3) is 0 Å². The van der Waals surface area contributed by atoms with Crippen molar-refractivity contribution in [1.29, 1.82) is 0 Å². The van der Waals surface area contributed by atoms with Gasteiger partial charge < -0.3 is 4.90 Å². The fourth-order valence-corrected chi connectivity index (χ4v) is 2.75. The molecule has 5 heteroatoms. The van der Waals surface area contributed by atoms with Crippen molar-refractivity contribution in [2.45, 2.75) is 25.2 Å². The Morgan fingerprint density at radius 1 is 1.17 bits per heavy atom. The summed E-state index contributed by atoms with van der Waals surface area (Å²) in [6.45, 7) is 5.50. The molecule has 1 aromatic rings. The summed E-state index contributed by atoms with van der Waals surface area (Å²) in [5, 5.41) is 0. The van der Waals surface area contributed by atoms with E-state index in [1.165, 1.54) is 0 Å². The van der Waals surface area contributed by atoms with E-state index in [1.807, 2.05) is 12.1 Å². The molecule has 0 saturated carbocycles. The molecule has 18 heavy (non-hydrogen) atoms. The molecule has 0 N–H and O–H groups in total. The number of nitrogens with zero attached hydrogens (tertiary/aromatic N) is 1. The van der Waals surface area contributed by atoms with Gasteiger partial charge in [0.2, 0.25) is 0 Å². The third-order valence-electron chi connectivity index (χ3n) is 2.88. The Hall–Kier alpha value is -0.740. The molecular weight excluding hydrogens is 270 g/mol. The minimum Gasteiger partial charge on any atom is -0.372 e. The Labute approximate surface area is 115 Å². The van der Waals surface area contributed by atoms with Crippen molar-refractivity contribution in [2.24, 2.45) is 0 Å². The van der Waals surface area contributed by atoms with Gasteiger partial charge in [-0.2, -0.15) is 0 Å². The summed E-state index contributed by atoms with van der Waals surface area (Å²) in [5.74, 6) is 0.773. The Kier molecular flexibility index (Phi) is 5.96. The van der Waals surface area contributed by atoms with E-state index in [4.69, 9.17) is 11.6 Å². The second kappa shape index (κ2) is 7.00. The van der Waals surface area contributed by atoms with Gasteiger partial charge in [0.25, 0.3) is 0 Å². The van der Waals surface area contributed by atoms with Crippen LogP contribution >= 0.6 is 11.6 Å². The predicted molar refractivity (Wildman–Crippen MR) is 77.4 cm³/mol. The molecule has 0 spiro atoms. The fraction of sp³-hybridized carbons (Fsp3) is 0.538. The molecule has 0 radical (unpaired) electrons. The summed E-state index contributed by atoms with van der Waals surface area (Å²) in [6, 6.07) is 7.08. The summed E-state index contributed by atoms with van der Waals surface area (Å²) >= 11 is 5.69. The average molecular weight is 290 g/mol. The molecule has 0 atom stereocenters. The first-order chi connectivity index (χ1) is 8.55. The zero-order valence-corrected chi connectivity index (χ0v) is 12.5. The highest BCUT2D eigenvalue weighted by molar-refractivity contribution is 7.91. The third kappa shape index (κ3) is 3.89. The molecule has 0 heterocycles. The molecule has 0 aliphatic heterocycles. The summed E-state index contributed by atoms with van der Waals surface area (Å²) in [5.41, 5.74) is 1.04. The van der Waals surface area contributed by atoms with Gasteiger partial charge in [-0.3, -0.25) is 0 Å². The van der Waals surface area contributed by atoms with Gasteiger partial charge in [0.15, 0.2) is 9.84 Å². The number of halogens is 1. The summed E-state index contributed by atoms with van der Waals surface area (Å²) < 4.78 is 23.4. The first-order valence-electron chi connectivity index (χ1n) is 6.19. The zero-order valence-electron chi connectivity index (χ0n) is 10.9. The topological polar surface area (TPSA) is 37.4 Å². The second-order valence-electron chi connectivity index (χ2n) is 4.02. The first kappa shape index (κ1) is 15.3. The Balaban J connectivity index is 2.87. The lowest BCUT2D eigenvalue weighted by Crippen LogP contribution is -2.24. The number of sulfone groups is 1. The molecule has 102 valence electrons. The summed E-state index contributed by atoms with van der Waals surface area (Å²) in [4.78, 5) is 2.58. The Bertz CT molecular complexity index is 456. The number of rotatable bonds is 7. The lowest BCUT2D eigenvalue weighted by Gasteiger charge is -2.22. The van der Waals surface area contributed by atoms with Crippen molar-refractivity contribution in [3.63, 3.8) is 0 Å². The maximum absolute atomic E-state index is 11.7. The number of alkyl halides is 1. The summed E-state index contributed by atoms with van der Waals surface area (Å²) in [6.07, 6.45) is 0.921. The maximum Gasteiger partial charge on any atom is 0.178 e. The van der Waals surface area contributed by atoms with Crippen LogP contribution in [0.5, 0.6) is 0 Å².